The van der Waals surface area contributed by atoms with Gasteiger partial charge in [0, 0.05) is 3.57 Å². The van der Waals surface area contributed by atoms with E-state index in [-0.39, 0.29) is 11.0 Å². The molecule has 0 aromatic heterocycles. The summed E-state index contributed by atoms with van der Waals surface area (Å²) in [6.45, 7) is 10.8. The molecule has 0 saturated heterocycles. The molecule has 0 aliphatic rings. The number of carbonyl (C=O) groups is 1. The van der Waals surface area contributed by atoms with Crippen molar-refractivity contribution in [3.8, 4) is 5.75 Å². The third-order valence-corrected chi connectivity index (χ3v) is 8.53. The molecule has 0 amide bonds. The van der Waals surface area contributed by atoms with Gasteiger partial charge in [-0.1, -0.05) is 20.8 Å². The van der Waals surface area contributed by atoms with Crippen LogP contribution in [0.5, 0.6) is 5.75 Å². The Morgan fingerprint density at radius 1 is 1.26 bits per heavy atom. The fourth-order valence-corrected chi connectivity index (χ4v) is 2.77. The van der Waals surface area contributed by atoms with Gasteiger partial charge in [-0.25, -0.2) is 4.79 Å². The second kappa shape index (κ2) is 5.83. The number of benzene rings is 1. The lowest BCUT2D eigenvalue weighted by Gasteiger charge is -2.36. The van der Waals surface area contributed by atoms with Gasteiger partial charge >= 0.3 is 5.97 Å². The molecule has 106 valence electrons. The lowest BCUT2D eigenvalue weighted by atomic mass is 10.2. The number of hydrogen-bond acceptors (Lipinski definition) is 3. The summed E-state index contributed by atoms with van der Waals surface area (Å²) >= 11 is 2.21. The summed E-state index contributed by atoms with van der Waals surface area (Å²) in [5, 5.41) is 0.0850. The summed E-state index contributed by atoms with van der Waals surface area (Å²) in [6.07, 6.45) is 0. The van der Waals surface area contributed by atoms with Crippen molar-refractivity contribution in [3.05, 3.63) is 27.3 Å². The summed E-state index contributed by atoms with van der Waals surface area (Å²) in [7, 11) is -0.584. The van der Waals surface area contributed by atoms with Gasteiger partial charge in [-0.05, 0) is 58.9 Å². The van der Waals surface area contributed by atoms with Crippen molar-refractivity contribution < 1.29 is 14.0 Å². The van der Waals surface area contributed by atoms with Gasteiger partial charge in [0.15, 0.2) is 0 Å². The average molecular weight is 392 g/mol. The van der Waals surface area contributed by atoms with Crippen LogP contribution in [-0.2, 0) is 4.74 Å². The van der Waals surface area contributed by atoms with E-state index in [1.807, 2.05) is 12.1 Å². The fourth-order valence-electron chi connectivity index (χ4n) is 1.29. The Hall–Kier alpha value is -0.563. The minimum Gasteiger partial charge on any atom is -0.543 e. The van der Waals surface area contributed by atoms with Crippen LogP contribution in [0.15, 0.2) is 18.2 Å². The number of ether oxygens (including phenoxy) is 1. The van der Waals surface area contributed by atoms with Gasteiger partial charge in [-0.3, -0.25) is 0 Å². The highest BCUT2D eigenvalue weighted by atomic mass is 127. The molecular formula is C14H21IO3Si. The maximum Gasteiger partial charge on any atom is 0.341 e. The van der Waals surface area contributed by atoms with Gasteiger partial charge in [-0.15, -0.1) is 0 Å². The van der Waals surface area contributed by atoms with Crippen molar-refractivity contribution in [3.63, 3.8) is 0 Å². The highest BCUT2D eigenvalue weighted by Crippen LogP contribution is 2.38. The van der Waals surface area contributed by atoms with Gasteiger partial charge < -0.3 is 9.16 Å². The van der Waals surface area contributed by atoms with Crippen LogP contribution in [0.2, 0.25) is 18.1 Å². The number of carbonyl (C=O) groups excluding carboxylic acids is 1. The monoisotopic (exact) mass is 392 g/mol. The normalized spacial score (nSPS) is 12.2. The van der Waals surface area contributed by atoms with E-state index in [4.69, 9.17) is 9.16 Å². The Morgan fingerprint density at radius 2 is 1.84 bits per heavy atom. The lowest BCUT2D eigenvalue weighted by Crippen LogP contribution is -2.44. The molecule has 1 aromatic carbocycles. The van der Waals surface area contributed by atoms with Crippen LogP contribution < -0.4 is 4.43 Å². The number of halogens is 1. The summed E-state index contributed by atoms with van der Waals surface area (Å²) in [5.74, 6) is 0.274. The van der Waals surface area contributed by atoms with E-state index >= 15 is 0 Å². The molecule has 0 N–H and O–H groups in total. The van der Waals surface area contributed by atoms with E-state index in [2.05, 4.69) is 56.5 Å². The maximum absolute atomic E-state index is 11.8. The number of methoxy groups -OCH3 is 1. The molecule has 0 unspecified atom stereocenters. The van der Waals surface area contributed by atoms with E-state index < -0.39 is 8.32 Å². The molecule has 3 nitrogen and oxygen atoms in total. The molecule has 0 radical (unpaired) electrons. The van der Waals surface area contributed by atoms with Crippen LogP contribution >= 0.6 is 22.6 Å². The first-order valence-corrected chi connectivity index (χ1v) is 10.1. The number of rotatable bonds is 3. The molecule has 1 rings (SSSR count). The van der Waals surface area contributed by atoms with Crippen LogP contribution in [0, 0.1) is 3.57 Å². The lowest BCUT2D eigenvalue weighted by molar-refractivity contribution is 0.0598. The second-order valence-electron chi connectivity index (χ2n) is 5.99. The Kier molecular flexibility index (Phi) is 5.06. The molecule has 5 heteroatoms. The molecule has 0 aliphatic carbocycles. The molecule has 0 fully saturated rings. The summed E-state index contributed by atoms with van der Waals surface area (Å²) in [6, 6.07) is 5.54. The number of esters is 1. The first-order chi connectivity index (χ1) is 8.58. The third kappa shape index (κ3) is 3.95. The summed E-state index contributed by atoms with van der Waals surface area (Å²) < 4.78 is 12.1. The van der Waals surface area contributed by atoms with Gasteiger partial charge in [0.05, 0.1) is 7.11 Å². The van der Waals surface area contributed by atoms with Crippen molar-refractivity contribution in [2.24, 2.45) is 0 Å². The predicted octanol–water partition coefficient (Wildman–Crippen LogP) is 4.46. The smallest absolute Gasteiger partial charge is 0.341 e. The average Bonchev–Trinajstić information content (AvgIpc) is 2.26. The Balaban J connectivity index is 3.20. The van der Waals surface area contributed by atoms with Crippen molar-refractivity contribution in [2.75, 3.05) is 7.11 Å². The van der Waals surface area contributed by atoms with Crippen molar-refractivity contribution in [1.29, 1.82) is 0 Å². The molecule has 0 saturated carbocycles. The van der Waals surface area contributed by atoms with Crippen molar-refractivity contribution in [1.82, 2.24) is 0 Å². The van der Waals surface area contributed by atoms with Gasteiger partial charge in [-0.2, -0.15) is 0 Å². The molecule has 0 heterocycles. The topological polar surface area (TPSA) is 35.5 Å². The van der Waals surface area contributed by atoms with Crippen molar-refractivity contribution in [2.45, 2.75) is 38.9 Å². The van der Waals surface area contributed by atoms with Gasteiger partial charge in [0.1, 0.15) is 11.3 Å². The quantitative estimate of drug-likeness (QED) is 0.433. The largest absolute Gasteiger partial charge is 0.543 e. The van der Waals surface area contributed by atoms with Crippen LogP contribution in [0.3, 0.4) is 0 Å². The predicted molar refractivity (Wildman–Crippen MR) is 88.3 cm³/mol. The summed E-state index contributed by atoms with van der Waals surface area (Å²) in [5.41, 5.74) is 0.493. The minimum absolute atomic E-state index is 0.0850. The number of hydrogen-bond donors (Lipinski definition) is 0. The molecule has 0 bridgehead atoms. The van der Waals surface area contributed by atoms with Crippen LogP contribution in [0.1, 0.15) is 31.1 Å². The zero-order valence-electron chi connectivity index (χ0n) is 12.3. The van der Waals surface area contributed by atoms with Gasteiger partial charge in [0.25, 0.3) is 8.32 Å². The van der Waals surface area contributed by atoms with Crippen LogP contribution in [0.25, 0.3) is 0 Å². The Morgan fingerprint density at radius 3 is 2.32 bits per heavy atom. The minimum atomic E-state index is -1.97. The van der Waals surface area contributed by atoms with Crippen LogP contribution in [0.4, 0.5) is 0 Å². The first-order valence-electron chi connectivity index (χ1n) is 6.15. The highest BCUT2D eigenvalue weighted by Gasteiger charge is 2.39. The molecule has 0 aliphatic heterocycles. The second-order valence-corrected chi connectivity index (χ2v) is 12.0. The Labute approximate surface area is 130 Å². The standard InChI is InChI=1S/C14H21IO3Si/c1-14(2,3)19(5,6)18-12-9-10(15)7-8-11(12)13(16)17-4/h7-9H,1-6H3. The van der Waals surface area contributed by atoms with Gasteiger partial charge in [0.2, 0.25) is 0 Å². The first kappa shape index (κ1) is 16.5. The third-order valence-electron chi connectivity index (χ3n) is 3.52. The highest BCUT2D eigenvalue weighted by molar-refractivity contribution is 14.1. The van der Waals surface area contributed by atoms with E-state index in [0.717, 1.165) is 3.57 Å². The SMILES string of the molecule is COC(=O)c1ccc(I)cc1O[Si](C)(C)C(C)(C)C. The zero-order valence-corrected chi connectivity index (χ0v) is 15.5. The summed E-state index contributed by atoms with van der Waals surface area (Å²) in [4.78, 5) is 11.8. The van der Waals surface area contributed by atoms with Crippen molar-refractivity contribution >= 4 is 36.9 Å². The zero-order chi connectivity index (χ0) is 14.8. The maximum atomic E-state index is 11.8. The molecular weight excluding hydrogens is 371 g/mol. The molecule has 1 aromatic rings. The van der Waals surface area contributed by atoms with E-state index in [1.165, 1.54) is 7.11 Å². The molecule has 0 atom stereocenters. The molecule has 19 heavy (non-hydrogen) atoms. The van der Waals surface area contributed by atoms with E-state index in [0.29, 0.717) is 11.3 Å². The Bertz CT molecular complexity index is 478. The van der Waals surface area contributed by atoms with E-state index in [9.17, 15) is 4.79 Å². The van der Waals surface area contributed by atoms with E-state index in [1.54, 1.807) is 6.07 Å². The van der Waals surface area contributed by atoms with Crippen LogP contribution in [-0.4, -0.2) is 21.4 Å². The fraction of sp³-hybridized carbons (Fsp3) is 0.500. The molecule has 0 spiro atoms.